The predicted molar refractivity (Wildman–Crippen MR) is 118 cm³/mol. The van der Waals surface area contributed by atoms with E-state index in [0.29, 0.717) is 43.3 Å². The van der Waals surface area contributed by atoms with E-state index in [0.717, 1.165) is 30.1 Å². The van der Waals surface area contributed by atoms with Gasteiger partial charge in [0.15, 0.2) is 11.5 Å². The topological polar surface area (TPSA) is 84.4 Å². The molecule has 0 unspecified atom stereocenters. The van der Waals surface area contributed by atoms with Crippen LogP contribution in [0.25, 0.3) is 0 Å². The molecule has 0 saturated carbocycles. The van der Waals surface area contributed by atoms with Crippen molar-refractivity contribution >= 4 is 23.1 Å². The minimum absolute atomic E-state index is 0.0192. The van der Waals surface area contributed by atoms with Crippen molar-refractivity contribution in [3.8, 4) is 11.5 Å². The van der Waals surface area contributed by atoms with Gasteiger partial charge in [0, 0.05) is 19.2 Å². The summed E-state index contributed by atoms with van der Waals surface area (Å²) in [5, 5.41) is 7.20. The second-order valence-electron chi connectivity index (χ2n) is 8.00. The van der Waals surface area contributed by atoms with Crippen LogP contribution in [-0.2, 0) is 4.74 Å². The Hall–Kier alpha value is -3.26. The molecular weight excluding hydrogens is 396 g/mol. The number of para-hydroxylation sites is 2. The van der Waals surface area contributed by atoms with Crippen LogP contribution in [0.15, 0.2) is 47.5 Å². The molecule has 8 heteroatoms. The fraction of sp³-hybridized carbons (Fsp3) is 0.391. The highest BCUT2D eigenvalue weighted by molar-refractivity contribution is 6.10. The van der Waals surface area contributed by atoms with Crippen LogP contribution < -0.4 is 20.1 Å². The smallest absolute Gasteiger partial charge is 0.254 e. The van der Waals surface area contributed by atoms with E-state index in [4.69, 9.17) is 19.2 Å². The highest BCUT2D eigenvalue weighted by Crippen LogP contribution is 2.37. The summed E-state index contributed by atoms with van der Waals surface area (Å²) in [6.45, 7) is 2.51. The van der Waals surface area contributed by atoms with Crippen LogP contribution in [0.2, 0.25) is 0 Å². The van der Waals surface area contributed by atoms with E-state index >= 15 is 0 Å². The van der Waals surface area contributed by atoms with Crippen LogP contribution >= 0.6 is 0 Å². The molecule has 1 fully saturated rings. The van der Waals surface area contributed by atoms with Crippen molar-refractivity contribution in [2.45, 2.75) is 18.4 Å². The lowest BCUT2D eigenvalue weighted by Crippen LogP contribution is -2.62. The summed E-state index contributed by atoms with van der Waals surface area (Å²) >= 11 is 0. The van der Waals surface area contributed by atoms with E-state index in [1.54, 1.807) is 25.3 Å². The number of aliphatic imine (C=N–C) groups is 1. The number of anilines is 2. The SMILES string of the molecule is COCCN=C1Nc2ccccc2N[C@]12CCCN(C(=O)c1ccc3c(c1)OCO3)C2. The average molecular weight is 422 g/mol. The molecule has 2 N–H and O–H groups in total. The van der Waals surface area contributed by atoms with Crippen LogP contribution in [-0.4, -0.2) is 62.3 Å². The van der Waals surface area contributed by atoms with Gasteiger partial charge in [-0.05, 0) is 43.2 Å². The van der Waals surface area contributed by atoms with Crippen LogP contribution in [0.4, 0.5) is 11.4 Å². The minimum Gasteiger partial charge on any atom is -0.454 e. The quantitative estimate of drug-likeness (QED) is 0.737. The van der Waals surface area contributed by atoms with Gasteiger partial charge in [0.1, 0.15) is 11.4 Å². The molecule has 3 aliphatic rings. The largest absolute Gasteiger partial charge is 0.454 e. The first kappa shape index (κ1) is 19.7. The number of piperidine rings is 1. The monoisotopic (exact) mass is 422 g/mol. The van der Waals surface area contributed by atoms with Crippen LogP contribution in [0.5, 0.6) is 11.5 Å². The Labute approximate surface area is 181 Å². The Morgan fingerprint density at radius 1 is 1.19 bits per heavy atom. The molecule has 0 radical (unpaired) electrons. The first-order valence-corrected chi connectivity index (χ1v) is 10.6. The summed E-state index contributed by atoms with van der Waals surface area (Å²) in [5.41, 5.74) is 2.14. The van der Waals surface area contributed by atoms with Crippen LogP contribution in [0.1, 0.15) is 23.2 Å². The molecule has 0 aromatic heterocycles. The zero-order valence-electron chi connectivity index (χ0n) is 17.5. The summed E-state index contributed by atoms with van der Waals surface area (Å²) in [4.78, 5) is 20.1. The summed E-state index contributed by atoms with van der Waals surface area (Å²) in [7, 11) is 1.67. The first-order valence-electron chi connectivity index (χ1n) is 10.6. The fourth-order valence-corrected chi connectivity index (χ4v) is 4.44. The molecule has 1 amide bonds. The Morgan fingerprint density at radius 2 is 2.03 bits per heavy atom. The van der Waals surface area contributed by atoms with Crippen molar-refractivity contribution in [3.05, 3.63) is 48.0 Å². The van der Waals surface area contributed by atoms with E-state index in [1.807, 2.05) is 23.1 Å². The lowest BCUT2D eigenvalue weighted by molar-refractivity contribution is 0.0694. The van der Waals surface area contributed by atoms with E-state index in [9.17, 15) is 4.79 Å². The molecule has 162 valence electrons. The van der Waals surface area contributed by atoms with Gasteiger partial charge < -0.3 is 29.7 Å². The molecule has 5 rings (SSSR count). The third-order valence-corrected chi connectivity index (χ3v) is 5.97. The highest BCUT2D eigenvalue weighted by Gasteiger charge is 2.44. The van der Waals surface area contributed by atoms with Crippen molar-refractivity contribution in [2.24, 2.45) is 4.99 Å². The Morgan fingerprint density at radius 3 is 2.90 bits per heavy atom. The zero-order valence-corrected chi connectivity index (χ0v) is 17.5. The van der Waals surface area contributed by atoms with E-state index in [-0.39, 0.29) is 12.7 Å². The maximum atomic E-state index is 13.4. The number of rotatable bonds is 4. The molecule has 1 atom stereocenters. The minimum atomic E-state index is -0.466. The van der Waals surface area contributed by atoms with Gasteiger partial charge in [0.2, 0.25) is 6.79 Å². The molecule has 1 spiro atoms. The first-order chi connectivity index (χ1) is 15.2. The number of nitrogens with zero attached hydrogens (tertiary/aromatic N) is 2. The third kappa shape index (κ3) is 3.67. The number of carbonyl (C=O) groups is 1. The number of fused-ring (bicyclic) bond motifs is 2. The number of ether oxygens (including phenoxy) is 3. The molecule has 2 aromatic carbocycles. The van der Waals surface area contributed by atoms with Crippen molar-refractivity contribution in [2.75, 3.05) is 50.8 Å². The summed E-state index contributed by atoms with van der Waals surface area (Å²) < 4.78 is 16.0. The normalized spacial score (nSPS) is 22.7. The number of amides is 1. The van der Waals surface area contributed by atoms with Crippen molar-refractivity contribution in [1.29, 1.82) is 0 Å². The van der Waals surface area contributed by atoms with Gasteiger partial charge in [-0.25, -0.2) is 0 Å². The summed E-state index contributed by atoms with van der Waals surface area (Å²) in [5.74, 6) is 2.13. The molecule has 8 nitrogen and oxygen atoms in total. The zero-order chi connectivity index (χ0) is 21.3. The number of hydrogen-bond donors (Lipinski definition) is 2. The molecule has 3 heterocycles. The van der Waals surface area contributed by atoms with Gasteiger partial charge in [-0.2, -0.15) is 0 Å². The molecule has 1 saturated heterocycles. The summed E-state index contributed by atoms with van der Waals surface area (Å²) in [6, 6.07) is 13.4. The van der Waals surface area contributed by atoms with Crippen LogP contribution in [0.3, 0.4) is 0 Å². The maximum Gasteiger partial charge on any atom is 0.254 e. The number of nitrogens with one attached hydrogen (secondary N) is 2. The lowest BCUT2D eigenvalue weighted by Gasteiger charge is -2.47. The standard InChI is InChI=1S/C23H26N4O4/c1-29-12-10-24-22-23(26-18-6-3-2-5-17(18)25-22)9-4-11-27(14-23)21(28)16-7-8-19-20(13-16)31-15-30-19/h2-3,5-8,13,26H,4,9-12,14-15H2,1H3,(H,24,25)/t23-/m0/s1. The third-order valence-electron chi connectivity index (χ3n) is 5.97. The van der Waals surface area contributed by atoms with E-state index in [2.05, 4.69) is 16.7 Å². The molecule has 3 aliphatic heterocycles. The fourth-order valence-electron chi connectivity index (χ4n) is 4.44. The number of benzene rings is 2. The number of hydrogen-bond acceptors (Lipinski definition) is 6. The lowest BCUT2D eigenvalue weighted by atomic mass is 9.85. The average Bonchev–Trinajstić information content (AvgIpc) is 3.27. The van der Waals surface area contributed by atoms with E-state index < -0.39 is 5.54 Å². The Balaban J connectivity index is 1.43. The van der Waals surface area contributed by atoms with Gasteiger partial charge in [-0.1, -0.05) is 12.1 Å². The molecular formula is C23H26N4O4. The number of likely N-dealkylation sites (tertiary alicyclic amines) is 1. The van der Waals surface area contributed by atoms with Crippen LogP contribution in [0, 0.1) is 0 Å². The molecule has 2 aromatic rings. The van der Waals surface area contributed by atoms with Crippen molar-refractivity contribution < 1.29 is 19.0 Å². The number of amidine groups is 1. The molecule has 31 heavy (non-hydrogen) atoms. The van der Waals surface area contributed by atoms with Gasteiger partial charge in [-0.15, -0.1) is 0 Å². The van der Waals surface area contributed by atoms with Gasteiger partial charge in [0.25, 0.3) is 5.91 Å². The van der Waals surface area contributed by atoms with Gasteiger partial charge in [0.05, 0.1) is 31.1 Å². The van der Waals surface area contributed by atoms with Gasteiger partial charge >= 0.3 is 0 Å². The van der Waals surface area contributed by atoms with Crippen molar-refractivity contribution in [3.63, 3.8) is 0 Å². The second-order valence-corrected chi connectivity index (χ2v) is 8.00. The molecule has 0 bridgehead atoms. The second kappa shape index (κ2) is 8.11. The Kier molecular flexibility index (Phi) is 5.15. The maximum absolute atomic E-state index is 13.4. The molecule has 0 aliphatic carbocycles. The predicted octanol–water partition coefficient (Wildman–Crippen LogP) is 2.97. The Bertz CT molecular complexity index is 1020. The van der Waals surface area contributed by atoms with Crippen molar-refractivity contribution in [1.82, 2.24) is 4.90 Å². The summed E-state index contributed by atoms with van der Waals surface area (Å²) in [6.07, 6.45) is 1.75. The highest BCUT2D eigenvalue weighted by atomic mass is 16.7. The number of methoxy groups -OCH3 is 1. The number of carbonyl (C=O) groups excluding carboxylic acids is 1. The van der Waals surface area contributed by atoms with Gasteiger partial charge in [-0.3, -0.25) is 9.79 Å². The van der Waals surface area contributed by atoms with E-state index in [1.165, 1.54) is 0 Å².